The molecule has 3 rings (SSSR count). The second-order valence-corrected chi connectivity index (χ2v) is 13.5. The van der Waals surface area contributed by atoms with Gasteiger partial charge in [-0.05, 0) is 41.5 Å². The van der Waals surface area contributed by atoms with Crippen LogP contribution in [0, 0.1) is 11.8 Å². The first-order valence-corrected chi connectivity index (χ1v) is 17.8. The Bertz CT molecular complexity index is 1460. The summed E-state index contributed by atoms with van der Waals surface area (Å²) in [6, 6.07) is 9.03. The van der Waals surface area contributed by atoms with E-state index in [9.17, 15) is 29.4 Å². The topological polar surface area (TPSA) is 192 Å². The number of hydrogen-bond acceptors (Lipinski definition) is 10. The minimum absolute atomic E-state index is 0.000993. The van der Waals surface area contributed by atoms with E-state index in [-0.39, 0.29) is 44.3 Å². The largest absolute Gasteiger partial charge is 0.445 e. The first kappa shape index (κ1) is 40.0. The molecule has 14 heteroatoms. The van der Waals surface area contributed by atoms with Gasteiger partial charge in [-0.2, -0.15) is 0 Å². The maximum Gasteiger partial charge on any atom is 0.408 e. The van der Waals surface area contributed by atoms with Gasteiger partial charge in [0.25, 0.3) is 0 Å². The SMILES string of the molecule is CCC(C)[C@@H](CO)NC(=O)CC(O)C(CC(C)C)NC(=O)[C@H](Cc1cscn1)NC(=O)[C@H](Cc1ccncc1)NC(=O)OCc1ccccc1. The van der Waals surface area contributed by atoms with Crippen LogP contribution in [0.3, 0.4) is 0 Å². The molecule has 4 amide bonds. The second-order valence-electron chi connectivity index (χ2n) is 12.8. The Labute approximate surface area is 297 Å². The third-order valence-electron chi connectivity index (χ3n) is 8.33. The van der Waals surface area contributed by atoms with Crippen molar-refractivity contribution in [2.24, 2.45) is 11.8 Å². The van der Waals surface area contributed by atoms with E-state index >= 15 is 0 Å². The summed E-state index contributed by atoms with van der Waals surface area (Å²) in [6.07, 6.45) is 2.04. The van der Waals surface area contributed by atoms with E-state index in [2.05, 4.69) is 31.2 Å². The van der Waals surface area contributed by atoms with E-state index < -0.39 is 54.1 Å². The van der Waals surface area contributed by atoms with Crippen LogP contribution in [0.5, 0.6) is 0 Å². The van der Waals surface area contributed by atoms with E-state index in [1.807, 2.05) is 58.0 Å². The third kappa shape index (κ3) is 13.8. The van der Waals surface area contributed by atoms with Gasteiger partial charge in [0, 0.05) is 30.6 Å². The van der Waals surface area contributed by atoms with Crippen molar-refractivity contribution in [2.75, 3.05) is 6.61 Å². The number of aliphatic hydroxyl groups is 2. The van der Waals surface area contributed by atoms with Crippen LogP contribution in [0.4, 0.5) is 4.79 Å². The fraction of sp³-hybridized carbons (Fsp3) is 0.500. The van der Waals surface area contributed by atoms with Crippen molar-refractivity contribution in [3.8, 4) is 0 Å². The van der Waals surface area contributed by atoms with Crippen molar-refractivity contribution in [1.82, 2.24) is 31.2 Å². The van der Waals surface area contributed by atoms with Gasteiger partial charge in [0.15, 0.2) is 0 Å². The van der Waals surface area contributed by atoms with Crippen molar-refractivity contribution in [3.05, 3.63) is 82.6 Å². The molecule has 13 nitrogen and oxygen atoms in total. The predicted molar refractivity (Wildman–Crippen MR) is 190 cm³/mol. The van der Waals surface area contributed by atoms with Crippen molar-refractivity contribution in [1.29, 1.82) is 0 Å². The first-order chi connectivity index (χ1) is 24.0. The van der Waals surface area contributed by atoms with E-state index in [4.69, 9.17) is 4.74 Å². The Hall–Kier alpha value is -4.40. The Balaban J connectivity index is 1.77. The molecule has 0 bridgehead atoms. The number of amides is 4. The molecule has 0 radical (unpaired) electrons. The number of carbonyl (C=O) groups excluding carboxylic acids is 4. The number of nitrogens with one attached hydrogen (secondary N) is 4. The monoisotopic (exact) mass is 710 g/mol. The molecule has 3 unspecified atom stereocenters. The van der Waals surface area contributed by atoms with Crippen molar-refractivity contribution < 1.29 is 34.1 Å². The molecule has 6 atom stereocenters. The van der Waals surface area contributed by atoms with E-state index in [1.54, 1.807) is 35.4 Å². The average Bonchev–Trinajstić information content (AvgIpc) is 3.62. The number of hydrogen-bond donors (Lipinski definition) is 6. The standard InChI is InChI=1S/C36H50N6O7S/c1-5-24(4)31(19-43)39-33(45)18-32(44)28(15-23(2)3)40-35(47)30(17-27-21-50-22-38-27)41-34(46)29(16-25-11-13-37-14-12-25)42-36(48)49-20-26-9-7-6-8-10-26/h6-14,21-24,28-32,43-44H,5,15-20H2,1-4H3,(H,39,45)(H,40,47)(H,41,46)(H,42,48)/t24?,28?,29-,30-,31+,32?/m0/s1. The molecule has 50 heavy (non-hydrogen) atoms. The fourth-order valence-corrected chi connectivity index (χ4v) is 5.82. The third-order valence-corrected chi connectivity index (χ3v) is 8.96. The van der Waals surface area contributed by atoms with Crippen LogP contribution in [-0.4, -0.2) is 80.9 Å². The lowest BCUT2D eigenvalue weighted by atomic mass is 9.95. The van der Waals surface area contributed by atoms with Crippen molar-refractivity contribution in [2.45, 2.75) is 96.7 Å². The molecule has 2 aromatic heterocycles. The number of rotatable bonds is 20. The molecule has 0 spiro atoms. The molecule has 0 aliphatic rings. The molecular weight excluding hydrogens is 660 g/mol. The molecule has 0 fully saturated rings. The number of nitrogens with zero attached hydrogens (tertiary/aromatic N) is 2. The quantitative estimate of drug-likeness (QED) is 0.102. The van der Waals surface area contributed by atoms with Crippen molar-refractivity contribution >= 4 is 35.2 Å². The second kappa shape index (κ2) is 21.0. The van der Waals surface area contributed by atoms with Crippen LogP contribution < -0.4 is 21.3 Å². The number of benzene rings is 1. The molecule has 0 aliphatic heterocycles. The Morgan fingerprint density at radius 2 is 1.54 bits per heavy atom. The summed E-state index contributed by atoms with van der Waals surface area (Å²) in [6.45, 7) is 7.50. The number of pyridine rings is 1. The lowest BCUT2D eigenvalue weighted by Gasteiger charge is -2.29. The molecule has 6 N–H and O–H groups in total. The molecule has 2 heterocycles. The molecule has 0 aliphatic carbocycles. The molecular formula is C36H50N6O7S. The zero-order chi connectivity index (χ0) is 36.5. The van der Waals surface area contributed by atoms with Crippen LogP contribution in [0.2, 0.25) is 0 Å². The number of thiazole rings is 1. The number of ether oxygens (including phenoxy) is 1. The Kier molecular flexibility index (Phi) is 16.8. The predicted octanol–water partition coefficient (Wildman–Crippen LogP) is 2.91. The van der Waals surface area contributed by atoms with Gasteiger partial charge in [-0.15, -0.1) is 11.3 Å². The summed E-state index contributed by atoms with van der Waals surface area (Å²) < 4.78 is 5.38. The molecule has 0 saturated heterocycles. The average molecular weight is 711 g/mol. The summed E-state index contributed by atoms with van der Waals surface area (Å²) >= 11 is 1.34. The van der Waals surface area contributed by atoms with Gasteiger partial charge in [-0.25, -0.2) is 9.78 Å². The highest BCUT2D eigenvalue weighted by Crippen LogP contribution is 2.14. The highest BCUT2D eigenvalue weighted by Gasteiger charge is 2.32. The highest BCUT2D eigenvalue weighted by molar-refractivity contribution is 7.07. The van der Waals surface area contributed by atoms with E-state index in [1.165, 1.54) is 11.3 Å². The maximum atomic E-state index is 13.9. The first-order valence-electron chi connectivity index (χ1n) is 16.9. The Morgan fingerprint density at radius 1 is 0.860 bits per heavy atom. The number of aliphatic hydroxyl groups excluding tert-OH is 2. The van der Waals surface area contributed by atoms with Gasteiger partial charge in [0.1, 0.15) is 18.7 Å². The van der Waals surface area contributed by atoms with Gasteiger partial charge < -0.3 is 36.2 Å². The zero-order valence-electron chi connectivity index (χ0n) is 29.1. The lowest BCUT2D eigenvalue weighted by Crippen LogP contribution is -2.57. The minimum Gasteiger partial charge on any atom is -0.445 e. The maximum absolute atomic E-state index is 13.9. The fourth-order valence-electron chi connectivity index (χ4n) is 5.25. The van der Waals surface area contributed by atoms with Gasteiger partial charge in [0.05, 0.1) is 42.4 Å². The zero-order valence-corrected chi connectivity index (χ0v) is 29.9. The van der Waals surface area contributed by atoms with Gasteiger partial charge in [0.2, 0.25) is 17.7 Å². The minimum atomic E-state index is -1.24. The summed E-state index contributed by atoms with van der Waals surface area (Å²) in [5.41, 5.74) is 3.68. The summed E-state index contributed by atoms with van der Waals surface area (Å²) in [5.74, 6) is -1.58. The Morgan fingerprint density at radius 3 is 2.16 bits per heavy atom. The smallest absolute Gasteiger partial charge is 0.408 e. The number of carbonyl (C=O) groups is 4. The molecule has 3 aromatic rings. The summed E-state index contributed by atoms with van der Waals surface area (Å²) in [5, 5.41) is 33.7. The van der Waals surface area contributed by atoms with Crippen LogP contribution in [0.25, 0.3) is 0 Å². The summed E-state index contributed by atoms with van der Waals surface area (Å²) in [4.78, 5) is 61.7. The lowest BCUT2D eigenvalue weighted by molar-refractivity contribution is -0.131. The molecule has 1 aromatic carbocycles. The summed E-state index contributed by atoms with van der Waals surface area (Å²) in [7, 11) is 0. The highest BCUT2D eigenvalue weighted by atomic mass is 32.1. The number of alkyl carbamates (subject to hydrolysis) is 1. The van der Waals surface area contributed by atoms with Crippen LogP contribution in [-0.2, 0) is 38.6 Å². The van der Waals surface area contributed by atoms with Crippen LogP contribution in [0.1, 0.15) is 63.8 Å². The van der Waals surface area contributed by atoms with E-state index in [0.29, 0.717) is 12.1 Å². The van der Waals surface area contributed by atoms with Crippen molar-refractivity contribution in [3.63, 3.8) is 0 Å². The van der Waals surface area contributed by atoms with Crippen LogP contribution in [0.15, 0.2) is 65.7 Å². The van der Waals surface area contributed by atoms with E-state index in [0.717, 1.165) is 17.5 Å². The normalized spacial score (nSPS) is 14.8. The van der Waals surface area contributed by atoms with Gasteiger partial charge in [-0.3, -0.25) is 19.4 Å². The molecule has 272 valence electrons. The molecule has 0 saturated carbocycles. The van der Waals surface area contributed by atoms with Crippen LogP contribution >= 0.6 is 11.3 Å². The number of aromatic nitrogens is 2. The van der Waals surface area contributed by atoms with Gasteiger partial charge in [-0.1, -0.05) is 64.4 Å². The van der Waals surface area contributed by atoms with Gasteiger partial charge >= 0.3 is 6.09 Å².